The average molecular weight is 194 g/mol. The van der Waals surface area contributed by atoms with Crippen molar-refractivity contribution in [2.24, 2.45) is 0 Å². The Morgan fingerprint density at radius 3 is 2.93 bits per heavy atom. The summed E-state index contributed by atoms with van der Waals surface area (Å²) in [6.45, 7) is 0. The molecular weight excluding hydrogens is 184 g/mol. The van der Waals surface area contributed by atoms with E-state index in [4.69, 9.17) is 0 Å². The van der Waals surface area contributed by atoms with E-state index in [2.05, 4.69) is 24.3 Å². The van der Waals surface area contributed by atoms with Crippen molar-refractivity contribution in [2.75, 3.05) is 0 Å². The van der Waals surface area contributed by atoms with Gasteiger partial charge >= 0.3 is 0 Å². The highest BCUT2D eigenvalue weighted by molar-refractivity contribution is 5.96. The first-order valence-corrected chi connectivity index (χ1v) is 5.06. The second kappa shape index (κ2) is 3.06. The molecule has 0 aromatic heterocycles. The molecule has 0 aliphatic heterocycles. The zero-order valence-corrected chi connectivity index (χ0v) is 8.23. The van der Waals surface area contributed by atoms with Gasteiger partial charge in [0.2, 0.25) is 0 Å². The molecule has 2 aromatic rings. The van der Waals surface area contributed by atoms with Crippen LogP contribution in [-0.2, 0) is 6.42 Å². The van der Waals surface area contributed by atoms with Crippen molar-refractivity contribution >= 4 is 23.1 Å². The molecule has 1 aliphatic rings. The third-order valence-corrected chi connectivity index (χ3v) is 2.93. The van der Waals surface area contributed by atoms with Crippen LogP contribution in [0.3, 0.4) is 0 Å². The fourth-order valence-corrected chi connectivity index (χ4v) is 2.17. The average Bonchev–Trinajstić information content (AvgIpc) is 2.76. The maximum absolute atomic E-state index is 10.7. The van der Waals surface area contributed by atoms with Crippen LogP contribution in [0.4, 0.5) is 0 Å². The van der Waals surface area contributed by atoms with E-state index in [1.807, 2.05) is 18.2 Å². The van der Waals surface area contributed by atoms with Crippen LogP contribution >= 0.6 is 0 Å². The van der Waals surface area contributed by atoms with Gasteiger partial charge in [-0.15, -0.1) is 0 Å². The molecule has 2 aromatic carbocycles. The molecule has 0 radical (unpaired) electrons. The Morgan fingerprint density at radius 1 is 1.13 bits per heavy atom. The lowest BCUT2D eigenvalue weighted by molar-refractivity contribution is 0.112. The van der Waals surface area contributed by atoms with Crippen molar-refractivity contribution in [1.82, 2.24) is 0 Å². The number of hydrogen-bond acceptors (Lipinski definition) is 1. The van der Waals surface area contributed by atoms with Gasteiger partial charge in [-0.05, 0) is 34.4 Å². The van der Waals surface area contributed by atoms with E-state index < -0.39 is 0 Å². The molecule has 0 amide bonds. The molecule has 0 spiro atoms. The highest BCUT2D eigenvalue weighted by Crippen LogP contribution is 2.28. The van der Waals surface area contributed by atoms with Gasteiger partial charge in [0.15, 0.2) is 0 Å². The zero-order valence-electron chi connectivity index (χ0n) is 8.23. The maximum Gasteiger partial charge on any atom is 0.150 e. The van der Waals surface area contributed by atoms with E-state index in [1.165, 1.54) is 16.5 Å². The number of allylic oxidation sites excluding steroid dienone is 1. The topological polar surface area (TPSA) is 17.1 Å². The Labute approximate surface area is 88.0 Å². The number of rotatable bonds is 1. The van der Waals surface area contributed by atoms with Gasteiger partial charge in [-0.1, -0.05) is 36.4 Å². The quantitative estimate of drug-likeness (QED) is 0.637. The number of fused-ring (bicyclic) bond motifs is 3. The van der Waals surface area contributed by atoms with Crippen LogP contribution in [0.25, 0.3) is 16.8 Å². The first kappa shape index (κ1) is 8.42. The standard InChI is InChI=1S/C14H10O/c15-9-10-4-7-14-12(8-10)6-5-11-2-1-3-13(11)14/h1,3-9H,2H2. The van der Waals surface area contributed by atoms with Crippen LogP contribution in [0.2, 0.25) is 0 Å². The Balaban J connectivity index is 2.37. The molecule has 1 nitrogen and oxygen atoms in total. The second-order valence-electron chi connectivity index (χ2n) is 3.84. The summed E-state index contributed by atoms with van der Waals surface area (Å²) in [5.41, 5.74) is 3.43. The summed E-state index contributed by atoms with van der Waals surface area (Å²) >= 11 is 0. The van der Waals surface area contributed by atoms with Crippen LogP contribution in [-0.4, -0.2) is 6.29 Å². The number of carbonyl (C=O) groups excluding carboxylic acids is 1. The zero-order chi connectivity index (χ0) is 10.3. The number of hydrogen-bond donors (Lipinski definition) is 0. The first-order chi connectivity index (χ1) is 7.38. The summed E-state index contributed by atoms with van der Waals surface area (Å²) in [5, 5.41) is 2.39. The molecule has 72 valence electrons. The number of aldehydes is 1. The Bertz CT molecular complexity index is 579. The summed E-state index contributed by atoms with van der Waals surface area (Å²) < 4.78 is 0. The van der Waals surface area contributed by atoms with Gasteiger partial charge in [-0.2, -0.15) is 0 Å². The van der Waals surface area contributed by atoms with Crippen molar-refractivity contribution in [3.8, 4) is 0 Å². The van der Waals surface area contributed by atoms with Gasteiger partial charge < -0.3 is 0 Å². The van der Waals surface area contributed by atoms with Crippen LogP contribution in [0.5, 0.6) is 0 Å². The predicted octanol–water partition coefficient (Wildman–Crippen LogP) is 3.22. The molecule has 3 rings (SSSR count). The molecule has 0 unspecified atom stereocenters. The maximum atomic E-state index is 10.7. The van der Waals surface area contributed by atoms with Crippen LogP contribution in [0, 0.1) is 0 Å². The number of benzene rings is 2. The Kier molecular flexibility index (Phi) is 1.72. The van der Waals surface area contributed by atoms with Crippen LogP contribution < -0.4 is 0 Å². The van der Waals surface area contributed by atoms with Gasteiger partial charge in [0.05, 0.1) is 0 Å². The number of carbonyl (C=O) groups is 1. The van der Waals surface area contributed by atoms with E-state index in [9.17, 15) is 4.79 Å². The third kappa shape index (κ3) is 1.20. The van der Waals surface area contributed by atoms with Gasteiger partial charge in [-0.3, -0.25) is 4.79 Å². The Morgan fingerprint density at radius 2 is 2.07 bits per heavy atom. The summed E-state index contributed by atoms with van der Waals surface area (Å²) in [6.07, 6.45) is 6.26. The van der Waals surface area contributed by atoms with Crippen LogP contribution in [0.1, 0.15) is 21.5 Å². The van der Waals surface area contributed by atoms with Crippen molar-refractivity contribution in [3.63, 3.8) is 0 Å². The minimum absolute atomic E-state index is 0.740. The monoisotopic (exact) mass is 194 g/mol. The highest BCUT2D eigenvalue weighted by atomic mass is 16.1. The summed E-state index contributed by atoms with van der Waals surface area (Å²) in [7, 11) is 0. The van der Waals surface area contributed by atoms with E-state index >= 15 is 0 Å². The summed E-state index contributed by atoms with van der Waals surface area (Å²) in [6, 6.07) is 10.1. The first-order valence-electron chi connectivity index (χ1n) is 5.06. The van der Waals surface area contributed by atoms with Crippen molar-refractivity contribution < 1.29 is 4.79 Å². The highest BCUT2D eigenvalue weighted by Gasteiger charge is 2.08. The summed E-state index contributed by atoms with van der Waals surface area (Å²) in [4.78, 5) is 10.7. The molecule has 1 heteroatoms. The smallest absolute Gasteiger partial charge is 0.150 e. The van der Waals surface area contributed by atoms with E-state index in [0.717, 1.165) is 23.7 Å². The fourth-order valence-electron chi connectivity index (χ4n) is 2.17. The molecule has 1 aliphatic carbocycles. The van der Waals surface area contributed by atoms with E-state index in [0.29, 0.717) is 0 Å². The molecule has 0 fully saturated rings. The third-order valence-electron chi connectivity index (χ3n) is 2.93. The lowest BCUT2D eigenvalue weighted by Gasteiger charge is -2.04. The van der Waals surface area contributed by atoms with Crippen molar-refractivity contribution in [2.45, 2.75) is 6.42 Å². The second-order valence-corrected chi connectivity index (χ2v) is 3.84. The summed E-state index contributed by atoms with van der Waals surface area (Å²) in [5.74, 6) is 0. The lowest BCUT2D eigenvalue weighted by Crippen LogP contribution is -1.86. The molecule has 15 heavy (non-hydrogen) atoms. The van der Waals surface area contributed by atoms with Gasteiger partial charge in [-0.25, -0.2) is 0 Å². The molecule has 0 bridgehead atoms. The largest absolute Gasteiger partial charge is 0.298 e. The predicted molar refractivity (Wildman–Crippen MR) is 62.1 cm³/mol. The van der Waals surface area contributed by atoms with E-state index in [1.54, 1.807) is 0 Å². The van der Waals surface area contributed by atoms with Crippen molar-refractivity contribution in [3.05, 3.63) is 53.1 Å². The van der Waals surface area contributed by atoms with Crippen LogP contribution in [0.15, 0.2) is 36.4 Å². The Hall–Kier alpha value is -1.89. The minimum Gasteiger partial charge on any atom is -0.298 e. The molecular formula is C14H10O. The van der Waals surface area contributed by atoms with E-state index in [-0.39, 0.29) is 0 Å². The minimum atomic E-state index is 0.740. The van der Waals surface area contributed by atoms with Crippen molar-refractivity contribution in [1.29, 1.82) is 0 Å². The normalized spacial score (nSPS) is 13.1. The van der Waals surface area contributed by atoms with Gasteiger partial charge in [0.25, 0.3) is 0 Å². The molecule has 0 N–H and O–H groups in total. The molecule has 0 atom stereocenters. The van der Waals surface area contributed by atoms with Gasteiger partial charge in [0.1, 0.15) is 6.29 Å². The lowest BCUT2D eigenvalue weighted by atomic mass is 9.99. The van der Waals surface area contributed by atoms with Gasteiger partial charge in [0, 0.05) is 5.56 Å². The molecule has 0 heterocycles. The fraction of sp³-hybridized carbons (Fsp3) is 0.0714. The SMILES string of the molecule is O=Cc1ccc2c3c(ccc2c1)CC=C3. The molecule has 0 saturated carbocycles. The molecule has 0 saturated heterocycles.